The van der Waals surface area contributed by atoms with Crippen molar-refractivity contribution in [3.8, 4) is 5.75 Å². The Morgan fingerprint density at radius 2 is 2.09 bits per heavy atom. The van der Waals surface area contributed by atoms with Gasteiger partial charge < -0.3 is 24.9 Å². The van der Waals surface area contributed by atoms with Gasteiger partial charge in [0.05, 0.1) is 6.61 Å². The summed E-state index contributed by atoms with van der Waals surface area (Å²) in [6.07, 6.45) is 9.20. The monoisotopic (exact) mass is 428 g/mol. The summed E-state index contributed by atoms with van der Waals surface area (Å²) in [6, 6.07) is 14.4. The Labute approximate surface area is 187 Å². The fourth-order valence-electron chi connectivity index (χ4n) is 4.25. The molecule has 1 aliphatic rings. The quantitative estimate of drug-likeness (QED) is 0.354. The number of aromatic nitrogens is 2. The Kier molecular flexibility index (Phi) is 5.11. The maximum atomic E-state index is 6.63. The van der Waals surface area contributed by atoms with Gasteiger partial charge in [-0.2, -0.15) is 0 Å². The number of H-pyrrole nitrogens is 1. The highest BCUT2D eigenvalue weighted by molar-refractivity contribution is 5.93. The molecule has 0 fully saturated rings. The highest BCUT2D eigenvalue weighted by atomic mass is 16.5. The van der Waals surface area contributed by atoms with E-state index < -0.39 is 5.79 Å². The van der Waals surface area contributed by atoms with Crippen molar-refractivity contribution in [3.63, 3.8) is 0 Å². The largest absolute Gasteiger partial charge is 0.494 e. The third-order valence-corrected chi connectivity index (χ3v) is 5.92. The van der Waals surface area contributed by atoms with Crippen LogP contribution in [0.25, 0.3) is 21.8 Å². The standard InChI is InChI=1S/C25H28N6O/c1-3-32-18-7-8-21-20(15-18)17(16-27-21)9-12-25(26)28-13-10-24(30-25)29-22-5-4-6-23-19(22)11-14-31(23)2/h4-8,10-11,13-16,27,29-30H,3,9,12,26H2,1-2H3. The molecule has 7 nitrogen and oxygen atoms in total. The summed E-state index contributed by atoms with van der Waals surface area (Å²) in [6.45, 7) is 2.64. The van der Waals surface area contributed by atoms with Gasteiger partial charge in [-0.1, -0.05) is 6.07 Å². The minimum Gasteiger partial charge on any atom is -0.494 e. The zero-order valence-corrected chi connectivity index (χ0v) is 18.4. The molecular formula is C25H28N6O. The van der Waals surface area contributed by atoms with Crippen LogP contribution in [0.1, 0.15) is 18.9 Å². The highest BCUT2D eigenvalue weighted by Crippen LogP contribution is 2.28. The van der Waals surface area contributed by atoms with E-state index in [1.165, 1.54) is 11.1 Å². The van der Waals surface area contributed by atoms with Gasteiger partial charge in [-0.25, -0.2) is 0 Å². The molecule has 5 N–H and O–H groups in total. The van der Waals surface area contributed by atoms with Gasteiger partial charge in [0, 0.05) is 59.6 Å². The lowest BCUT2D eigenvalue weighted by molar-refractivity contribution is 0.340. The van der Waals surface area contributed by atoms with E-state index in [-0.39, 0.29) is 0 Å². The first-order valence-electron chi connectivity index (χ1n) is 10.9. The van der Waals surface area contributed by atoms with Gasteiger partial charge in [0.15, 0.2) is 5.79 Å². The number of allylic oxidation sites excluding steroid dienone is 1. The minimum atomic E-state index is -0.886. The molecule has 2 aromatic heterocycles. The zero-order chi connectivity index (χ0) is 22.1. The molecule has 1 atom stereocenters. The number of anilines is 1. The Morgan fingerprint density at radius 3 is 2.97 bits per heavy atom. The summed E-state index contributed by atoms with van der Waals surface area (Å²) in [7, 11) is 2.05. The second-order valence-corrected chi connectivity index (χ2v) is 8.15. The molecule has 4 aromatic rings. The van der Waals surface area contributed by atoms with Crippen molar-refractivity contribution in [2.24, 2.45) is 17.8 Å². The van der Waals surface area contributed by atoms with Crippen molar-refractivity contribution >= 4 is 33.7 Å². The number of aryl methyl sites for hydroxylation is 2. The van der Waals surface area contributed by atoms with E-state index in [0.717, 1.165) is 40.0 Å². The summed E-state index contributed by atoms with van der Waals surface area (Å²) in [5, 5.41) is 9.18. The lowest BCUT2D eigenvalue weighted by atomic mass is 10.0. The molecule has 1 unspecified atom stereocenters. The summed E-state index contributed by atoms with van der Waals surface area (Å²) in [4.78, 5) is 7.87. The Morgan fingerprint density at radius 1 is 1.19 bits per heavy atom. The first-order valence-corrected chi connectivity index (χ1v) is 10.9. The molecule has 2 aromatic carbocycles. The molecule has 7 heteroatoms. The van der Waals surface area contributed by atoms with E-state index in [0.29, 0.717) is 13.0 Å². The van der Waals surface area contributed by atoms with Gasteiger partial charge in [-0.3, -0.25) is 10.7 Å². The number of hydrogen-bond donors (Lipinski definition) is 4. The van der Waals surface area contributed by atoms with Crippen LogP contribution in [0.3, 0.4) is 0 Å². The lowest BCUT2D eigenvalue weighted by Crippen LogP contribution is -2.54. The van der Waals surface area contributed by atoms with E-state index in [4.69, 9.17) is 10.5 Å². The third kappa shape index (κ3) is 3.83. The number of aromatic amines is 1. The lowest BCUT2D eigenvalue weighted by Gasteiger charge is -2.31. The molecule has 32 heavy (non-hydrogen) atoms. The molecule has 0 saturated heterocycles. The van der Waals surface area contributed by atoms with Crippen LogP contribution in [-0.2, 0) is 13.5 Å². The summed E-state index contributed by atoms with van der Waals surface area (Å²) >= 11 is 0. The van der Waals surface area contributed by atoms with Gasteiger partial charge in [0.25, 0.3) is 0 Å². The van der Waals surface area contributed by atoms with Crippen molar-refractivity contribution in [1.29, 1.82) is 0 Å². The van der Waals surface area contributed by atoms with Crippen molar-refractivity contribution in [2.75, 3.05) is 11.9 Å². The summed E-state index contributed by atoms with van der Waals surface area (Å²) < 4.78 is 7.77. The fourth-order valence-corrected chi connectivity index (χ4v) is 4.25. The molecule has 164 valence electrons. The van der Waals surface area contributed by atoms with Gasteiger partial charge in [0.1, 0.15) is 11.6 Å². The van der Waals surface area contributed by atoms with Crippen molar-refractivity contribution in [1.82, 2.24) is 14.9 Å². The molecule has 0 spiro atoms. The van der Waals surface area contributed by atoms with Crippen molar-refractivity contribution in [3.05, 3.63) is 72.3 Å². The molecule has 0 saturated carbocycles. The number of nitrogens with two attached hydrogens (primary N) is 1. The average molecular weight is 429 g/mol. The fraction of sp³-hybridized carbons (Fsp3) is 0.240. The van der Waals surface area contributed by atoms with Gasteiger partial charge in [0.2, 0.25) is 0 Å². The van der Waals surface area contributed by atoms with Crippen LogP contribution < -0.4 is 21.1 Å². The van der Waals surface area contributed by atoms with Crippen LogP contribution in [0.2, 0.25) is 0 Å². The molecule has 0 radical (unpaired) electrons. The number of benzene rings is 2. The van der Waals surface area contributed by atoms with Crippen LogP contribution in [0.5, 0.6) is 5.75 Å². The van der Waals surface area contributed by atoms with Gasteiger partial charge >= 0.3 is 0 Å². The van der Waals surface area contributed by atoms with Crippen LogP contribution in [0.15, 0.2) is 71.7 Å². The van der Waals surface area contributed by atoms with Gasteiger partial charge in [-0.15, -0.1) is 0 Å². The van der Waals surface area contributed by atoms with Crippen LogP contribution in [0, 0.1) is 0 Å². The highest BCUT2D eigenvalue weighted by Gasteiger charge is 2.26. The average Bonchev–Trinajstić information content (AvgIpc) is 3.37. The molecule has 1 aliphatic heterocycles. The Bertz CT molecular complexity index is 1330. The molecular weight excluding hydrogens is 400 g/mol. The molecule has 5 rings (SSSR count). The molecule has 0 bridgehead atoms. The van der Waals surface area contributed by atoms with E-state index >= 15 is 0 Å². The van der Waals surface area contributed by atoms with E-state index in [2.05, 4.69) is 55.6 Å². The number of aliphatic imine (C=N–C) groups is 1. The predicted octanol–water partition coefficient (Wildman–Crippen LogP) is 4.23. The van der Waals surface area contributed by atoms with E-state index in [1.807, 2.05) is 44.4 Å². The number of hydrogen-bond acceptors (Lipinski definition) is 5. The molecule has 0 aliphatic carbocycles. The minimum absolute atomic E-state index is 0.643. The van der Waals surface area contributed by atoms with E-state index in [1.54, 1.807) is 6.21 Å². The topological polar surface area (TPSA) is 92.4 Å². The maximum Gasteiger partial charge on any atom is 0.183 e. The van der Waals surface area contributed by atoms with Crippen LogP contribution in [0.4, 0.5) is 5.69 Å². The Hall–Kier alpha value is -3.71. The second-order valence-electron chi connectivity index (χ2n) is 8.15. The second kappa shape index (κ2) is 8.09. The SMILES string of the molecule is CCOc1ccc2[nH]cc(CCC3(N)N=CC=C(Nc4cccc5c4ccn5C)N3)c2c1. The van der Waals surface area contributed by atoms with E-state index in [9.17, 15) is 0 Å². The molecule has 0 amide bonds. The number of ether oxygens (including phenoxy) is 1. The van der Waals surface area contributed by atoms with Crippen molar-refractivity contribution < 1.29 is 4.74 Å². The first kappa shape index (κ1) is 20.2. The molecule has 3 heterocycles. The maximum absolute atomic E-state index is 6.63. The Balaban J connectivity index is 1.30. The number of nitrogens with one attached hydrogen (secondary N) is 3. The summed E-state index contributed by atoms with van der Waals surface area (Å²) in [5.74, 6) is 0.820. The normalized spacial score (nSPS) is 18.0. The zero-order valence-electron chi connectivity index (χ0n) is 18.4. The number of nitrogens with zero attached hydrogens (tertiary/aromatic N) is 2. The first-order chi connectivity index (χ1) is 15.5. The number of rotatable bonds is 7. The summed E-state index contributed by atoms with van der Waals surface area (Å²) in [5.41, 5.74) is 11.1. The van der Waals surface area contributed by atoms with Gasteiger partial charge in [-0.05, 0) is 61.4 Å². The smallest absolute Gasteiger partial charge is 0.183 e. The third-order valence-electron chi connectivity index (χ3n) is 5.92. The predicted molar refractivity (Wildman–Crippen MR) is 131 cm³/mol. The van der Waals surface area contributed by atoms with Crippen LogP contribution in [-0.4, -0.2) is 28.2 Å². The van der Waals surface area contributed by atoms with Crippen LogP contribution >= 0.6 is 0 Å². The number of fused-ring (bicyclic) bond motifs is 2. The van der Waals surface area contributed by atoms with Crippen molar-refractivity contribution in [2.45, 2.75) is 25.6 Å².